The van der Waals surface area contributed by atoms with Gasteiger partial charge >= 0.3 is 12.0 Å². The summed E-state index contributed by atoms with van der Waals surface area (Å²) in [5.41, 5.74) is 0. The Labute approximate surface area is 116 Å². The molecule has 2 amide bonds. The van der Waals surface area contributed by atoms with Crippen molar-refractivity contribution in [2.75, 3.05) is 11.9 Å². The molecule has 2 N–H and O–H groups in total. The first kappa shape index (κ1) is 14.2. The molecule has 0 radical (unpaired) electrons. The molecule has 1 unspecified atom stereocenters. The second kappa shape index (κ2) is 6.78. The SMILES string of the molecule is O=C(O)CCC1CCCCN1C(=O)Nc1nccnn1. The molecule has 1 aliphatic rings. The third-order valence-electron chi connectivity index (χ3n) is 3.28. The lowest BCUT2D eigenvalue weighted by Gasteiger charge is -2.35. The van der Waals surface area contributed by atoms with E-state index in [0.717, 1.165) is 19.3 Å². The van der Waals surface area contributed by atoms with Crippen LogP contribution in [0.5, 0.6) is 0 Å². The van der Waals surface area contributed by atoms with E-state index in [1.807, 2.05) is 0 Å². The zero-order valence-electron chi connectivity index (χ0n) is 11.0. The van der Waals surface area contributed by atoms with Crippen LogP contribution in [0, 0.1) is 0 Å². The summed E-state index contributed by atoms with van der Waals surface area (Å²) in [6, 6.07) is -0.343. The molecule has 1 aromatic rings. The zero-order valence-corrected chi connectivity index (χ0v) is 11.0. The van der Waals surface area contributed by atoms with Crippen LogP contribution in [0.4, 0.5) is 10.7 Å². The fraction of sp³-hybridized carbons (Fsp3) is 0.583. The molecule has 8 nitrogen and oxygen atoms in total. The highest BCUT2D eigenvalue weighted by molar-refractivity contribution is 5.87. The maximum absolute atomic E-state index is 12.2. The summed E-state index contributed by atoms with van der Waals surface area (Å²) in [7, 11) is 0. The van der Waals surface area contributed by atoms with E-state index < -0.39 is 5.97 Å². The zero-order chi connectivity index (χ0) is 14.4. The Balaban J connectivity index is 1.96. The first-order chi connectivity index (χ1) is 9.66. The van der Waals surface area contributed by atoms with Crippen LogP contribution in [-0.2, 0) is 4.79 Å². The number of carboxylic acids is 1. The van der Waals surface area contributed by atoms with Gasteiger partial charge in [0.05, 0.1) is 12.4 Å². The van der Waals surface area contributed by atoms with Gasteiger partial charge in [-0.2, -0.15) is 5.10 Å². The van der Waals surface area contributed by atoms with Crippen molar-refractivity contribution in [3.05, 3.63) is 12.4 Å². The largest absolute Gasteiger partial charge is 0.481 e. The van der Waals surface area contributed by atoms with E-state index in [-0.39, 0.29) is 24.4 Å². The average molecular weight is 279 g/mol. The van der Waals surface area contributed by atoms with E-state index in [0.29, 0.717) is 13.0 Å². The number of carbonyl (C=O) groups is 2. The highest BCUT2D eigenvalue weighted by atomic mass is 16.4. The summed E-state index contributed by atoms with van der Waals surface area (Å²) in [5, 5.41) is 18.7. The molecule has 0 spiro atoms. The quantitative estimate of drug-likeness (QED) is 0.855. The number of rotatable bonds is 4. The number of piperidine rings is 1. The molecular weight excluding hydrogens is 262 g/mol. The van der Waals surface area contributed by atoms with Gasteiger partial charge in [0.1, 0.15) is 0 Å². The van der Waals surface area contributed by atoms with Gasteiger partial charge in [-0.25, -0.2) is 9.78 Å². The monoisotopic (exact) mass is 279 g/mol. The summed E-state index contributed by atoms with van der Waals surface area (Å²) in [6.07, 6.45) is 6.17. The molecule has 8 heteroatoms. The molecule has 108 valence electrons. The number of amides is 2. The van der Waals surface area contributed by atoms with Crippen molar-refractivity contribution in [1.29, 1.82) is 0 Å². The van der Waals surface area contributed by atoms with Crippen LogP contribution in [-0.4, -0.2) is 49.8 Å². The molecular formula is C12H17N5O3. The summed E-state index contributed by atoms with van der Waals surface area (Å²) in [5.74, 6) is -0.688. The van der Waals surface area contributed by atoms with Gasteiger partial charge in [0.25, 0.3) is 5.95 Å². The number of carboxylic acid groups (broad SMARTS) is 1. The second-order valence-electron chi connectivity index (χ2n) is 4.67. The second-order valence-corrected chi connectivity index (χ2v) is 4.67. The Morgan fingerprint density at radius 1 is 1.40 bits per heavy atom. The molecule has 1 saturated heterocycles. The minimum atomic E-state index is -0.841. The Bertz CT molecular complexity index is 467. The molecule has 1 fully saturated rings. The first-order valence-electron chi connectivity index (χ1n) is 6.60. The van der Waals surface area contributed by atoms with Gasteiger partial charge in [-0.15, -0.1) is 5.10 Å². The summed E-state index contributed by atoms with van der Waals surface area (Å²) < 4.78 is 0. The van der Waals surface area contributed by atoms with Crippen molar-refractivity contribution in [1.82, 2.24) is 20.1 Å². The Kier molecular flexibility index (Phi) is 4.80. The minimum Gasteiger partial charge on any atom is -0.481 e. The number of urea groups is 1. The number of likely N-dealkylation sites (tertiary alicyclic amines) is 1. The molecule has 0 aliphatic carbocycles. The number of aliphatic carboxylic acids is 1. The van der Waals surface area contributed by atoms with Crippen LogP contribution >= 0.6 is 0 Å². The maximum atomic E-state index is 12.2. The van der Waals surface area contributed by atoms with Gasteiger partial charge in [-0.3, -0.25) is 10.1 Å². The van der Waals surface area contributed by atoms with Crippen LogP contribution in [0.1, 0.15) is 32.1 Å². The third kappa shape index (κ3) is 3.87. The van der Waals surface area contributed by atoms with Gasteiger partial charge in [0.2, 0.25) is 0 Å². The highest BCUT2D eigenvalue weighted by Gasteiger charge is 2.27. The predicted molar refractivity (Wildman–Crippen MR) is 70.1 cm³/mol. The lowest BCUT2D eigenvalue weighted by Crippen LogP contribution is -2.46. The van der Waals surface area contributed by atoms with Crippen LogP contribution in [0.3, 0.4) is 0 Å². The molecule has 1 aliphatic heterocycles. The number of hydrogen-bond acceptors (Lipinski definition) is 5. The Hall–Kier alpha value is -2.25. The lowest BCUT2D eigenvalue weighted by atomic mass is 9.98. The van der Waals surface area contributed by atoms with Crippen molar-refractivity contribution in [3.8, 4) is 0 Å². The van der Waals surface area contributed by atoms with Gasteiger partial charge in [0, 0.05) is 19.0 Å². The molecule has 2 heterocycles. The van der Waals surface area contributed by atoms with Gasteiger partial charge in [0.15, 0.2) is 0 Å². The minimum absolute atomic E-state index is 0.0449. The van der Waals surface area contributed by atoms with E-state index in [4.69, 9.17) is 5.11 Å². The van der Waals surface area contributed by atoms with Crippen LogP contribution in [0.25, 0.3) is 0 Å². The average Bonchev–Trinajstić information content (AvgIpc) is 2.46. The van der Waals surface area contributed by atoms with Crippen molar-refractivity contribution < 1.29 is 14.7 Å². The summed E-state index contributed by atoms with van der Waals surface area (Å²) >= 11 is 0. The number of carbonyl (C=O) groups excluding carboxylic acids is 1. The van der Waals surface area contributed by atoms with Gasteiger partial charge < -0.3 is 10.0 Å². The maximum Gasteiger partial charge on any atom is 0.324 e. The molecule has 0 aromatic carbocycles. The van der Waals surface area contributed by atoms with Crippen LogP contribution in [0.15, 0.2) is 12.4 Å². The van der Waals surface area contributed by atoms with E-state index >= 15 is 0 Å². The smallest absolute Gasteiger partial charge is 0.324 e. The van der Waals surface area contributed by atoms with Crippen LogP contribution in [0.2, 0.25) is 0 Å². The van der Waals surface area contributed by atoms with Gasteiger partial charge in [-0.05, 0) is 25.7 Å². The van der Waals surface area contributed by atoms with Crippen LogP contribution < -0.4 is 5.32 Å². The molecule has 0 saturated carbocycles. The predicted octanol–water partition coefficient (Wildman–Crippen LogP) is 1.12. The normalized spacial score (nSPS) is 18.6. The number of aromatic nitrogens is 3. The highest BCUT2D eigenvalue weighted by Crippen LogP contribution is 2.21. The summed E-state index contributed by atoms with van der Waals surface area (Å²) in [6.45, 7) is 0.621. The number of nitrogens with one attached hydrogen (secondary N) is 1. The fourth-order valence-electron chi connectivity index (χ4n) is 2.33. The summed E-state index contributed by atoms with van der Waals surface area (Å²) in [4.78, 5) is 28.4. The molecule has 1 atom stereocenters. The molecule has 2 rings (SSSR count). The third-order valence-corrected chi connectivity index (χ3v) is 3.28. The molecule has 0 bridgehead atoms. The van der Waals surface area contributed by atoms with E-state index in [2.05, 4.69) is 20.5 Å². The van der Waals surface area contributed by atoms with Crippen molar-refractivity contribution in [3.63, 3.8) is 0 Å². The number of hydrogen-bond donors (Lipinski definition) is 2. The molecule has 1 aromatic heterocycles. The van der Waals surface area contributed by atoms with E-state index in [1.54, 1.807) is 4.90 Å². The molecule has 20 heavy (non-hydrogen) atoms. The van der Waals surface area contributed by atoms with Crippen molar-refractivity contribution in [2.45, 2.75) is 38.1 Å². The topological polar surface area (TPSA) is 108 Å². The van der Waals surface area contributed by atoms with Crippen molar-refractivity contribution >= 4 is 17.9 Å². The Morgan fingerprint density at radius 3 is 2.95 bits per heavy atom. The first-order valence-corrected chi connectivity index (χ1v) is 6.60. The van der Waals surface area contributed by atoms with E-state index in [9.17, 15) is 9.59 Å². The standard InChI is InChI=1S/C12H17N5O3/c18-10(19)5-4-9-3-1-2-8-17(9)12(20)15-11-13-6-7-14-16-11/h6-7,9H,1-5,8H2,(H,18,19)(H,13,15,16,20). The number of anilines is 1. The fourth-order valence-corrected chi connectivity index (χ4v) is 2.33. The number of nitrogens with zero attached hydrogens (tertiary/aromatic N) is 4. The van der Waals surface area contributed by atoms with Crippen molar-refractivity contribution in [2.24, 2.45) is 0 Å². The lowest BCUT2D eigenvalue weighted by molar-refractivity contribution is -0.137. The van der Waals surface area contributed by atoms with E-state index in [1.165, 1.54) is 12.4 Å². The van der Waals surface area contributed by atoms with Gasteiger partial charge in [-0.1, -0.05) is 0 Å². The Morgan fingerprint density at radius 2 is 2.25 bits per heavy atom.